The number of nitrogens with one attached hydrogen (secondary N) is 1. The number of nitro benzene ring substituents is 1. The van der Waals surface area contributed by atoms with Gasteiger partial charge in [-0.1, -0.05) is 48.0 Å². The highest BCUT2D eigenvalue weighted by molar-refractivity contribution is 5.62. The predicted octanol–water partition coefficient (Wildman–Crippen LogP) is 4.73. The summed E-state index contributed by atoms with van der Waals surface area (Å²) in [5, 5.41) is 15.0. The first-order valence-electron chi connectivity index (χ1n) is 7.92. The third-order valence-electron chi connectivity index (χ3n) is 4.99. The summed E-state index contributed by atoms with van der Waals surface area (Å²) in [7, 11) is 0. The van der Waals surface area contributed by atoms with Crippen molar-refractivity contribution in [1.82, 2.24) is 0 Å². The zero-order valence-electron chi connectivity index (χ0n) is 12.9. The van der Waals surface area contributed by atoms with Crippen molar-refractivity contribution in [3.63, 3.8) is 0 Å². The van der Waals surface area contributed by atoms with Crippen LogP contribution in [0, 0.1) is 23.0 Å². The van der Waals surface area contributed by atoms with Gasteiger partial charge in [0.1, 0.15) is 0 Å². The van der Waals surface area contributed by atoms with Gasteiger partial charge in [0, 0.05) is 17.7 Å². The first kappa shape index (κ1) is 14.0. The summed E-state index contributed by atoms with van der Waals surface area (Å²) in [6, 6.07) is 13.5. The lowest BCUT2D eigenvalue weighted by Gasteiger charge is -2.37. The molecule has 3 unspecified atom stereocenters. The lowest BCUT2D eigenvalue weighted by atomic mass is 9.76. The Balaban J connectivity index is 1.83. The summed E-state index contributed by atoms with van der Waals surface area (Å²) < 4.78 is 0. The molecule has 1 aliphatic heterocycles. The first-order chi connectivity index (χ1) is 11.1. The smallest absolute Gasteiger partial charge is 0.274 e. The van der Waals surface area contributed by atoms with Crippen molar-refractivity contribution in [1.29, 1.82) is 0 Å². The van der Waals surface area contributed by atoms with Crippen molar-refractivity contribution < 1.29 is 4.92 Å². The molecular formula is C19H18N2O2. The molecule has 1 N–H and O–H groups in total. The average Bonchev–Trinajstić information content (AvgIpc) is 3.04. The maximum absolute atomic E-state index is 11.4. The van der Waals surface area contributed by atoms with Crippen LogP contribution in [0.1, 0.15) is 35.1 Å². The molecule has 0 fully saturated rings. The molecule has 1 aliphatic carbocycles. The normalized spacial score (nSPS) is 24.7. The fourth-order valence-electron chi connectivity index (χ4n) is 3.94. The highest BCUT2D eigenvalue weighted by Crippen LogP contribution is 2.51. The van der Waals surface area contributed by atoms with Crippen LogP contribution in [-0.2, 0) is 0 Å². The van der Waals surface area contributed by atoms with E-state index in [-0.39, 0.29) is 16.7 Å². The second-order valence-corrected chi connectivity index (χ2v) is 6.38. The zero-order chi connectivity index (χ0) is 16.0. The van der Waals surface area contributed by atoms with E-state index in [1.54, 1.807) is 12.1 Å². The van der Waals surface area contributed by atoms with Gasteiger partial charge < -0.3 is 5.32 Å². The van der Waals surface area contributed by atoms with Crippen molar-refractivity contribution in [3.05, 3.63) is 81.4 Å². The standard InChI is InChI=1S/C19H18N2O2/c1-12-9-10-17-16(11-12)13-6-4-7-14(13)19(20-17)15-5-2-3-8-18(15)21(22)23/h2-6,8-11,13-14,19-20H,7H2,1H3. The van der Waals surface area contributed by atoms with E-state index in [1.165, 1.54) is 11.1 Å². The van der Waals surface area contributed by atoms with Crippen molar-refractivity contribution in [2.24, 2.45) is 5.92 Å². The summed E-state index contributed by atoms with van der Waals surface area (Å²) in [5.41, 5.74) is 4.62. The number of rotatable bonds is 2. The number of benzene rings is 2. The number of fused-ring (bicyclic) bond motifs is 3. The van der Waals surface area contributed by atoms with Gasteiger partial charge in [0.2, 0.25) is 0 Å². The van der Waals surface area contributed by atoms with Gasteiger partial charge in [-0.3, -0.25) is 10.1 Å². The minimum Gasteiger partial charge on any atom is -0.377 e. The lowest BCUT2D eigenvalue weighted by molar-refractivity contribution is -0.385. The molecule has 4 heteroatoms. The number of nitrogens with zero attached hydrogens (tertiary/aromatic N) is 1. The number of allylic oxidation sites excluding steroid dienone is 2. The number of para-hydroxylation sites is 1. The van der Waals surface area contributed by atoms with Crippen LogP contribution in [0.3, 0.4) is 0 Å². The van der Waals surface area contributed by atoms with Crippen LogP contribution >= 0.6 is 0 Å². The highest BCUT2D eigenvalue weighted by Gasteiger charge is 2.40. The number of hydrogen-bond donors (Lipinski definition) is 1. The third kappa shape index (κ3) is 2.22. The summed E-state index contributed by atoms with van der Waals surface area (Å²) in [6.45, 7) is 2.10. The van der Waals surface area contributed by atoms with Crippen LogP contribution in [0.2, 0.25) is 0 Å². The number of nitro groups is 1. The maximum atomic E-state index is 11.4. The van der Waals surface area contributed by atoms with E-state index in [9.17, 15) is 10.1 Å². The molecule has 23 heavy (non-hydrogen) atoms. The van der Waals surface area contributed by atoms with E-state index in [2.05, 4.69) is 42.6 Å². The van der Waals surface area contributed by atoms with E-state index >= 15 is 0 Å². The Kier molecular flexibility index (Phi) is 3.18. The second-order valence-electron chi connectivity index (χ2n) is 6.38. The number of aryl methyl sites for hydroxylation is 1. The summed E-state index contributed by atoms with van der Waals surface area (Å²) >= 11 is 0. The molecule has 0 saturated heterocycles. The average molecular weight is 306 g/mol. The fourth-order valence-corrected chi connectivity index (χ4v) is 3.94. The van der Waals surface area contributed by atoms with Crippen molar-refractivity contribution >= 4 is 11.4 Å². The summed E-state index contributed by atoms with van der Waals surface area (Å²) in [5.74, 6) is 0.654. The van der Waals surface area contributed by atoms with Gasteiger partial charge >= 0.3 is 0 Å². The molecule has 0 bridgehead atoms. The van der Waals surface area contributed by atoms with Crippen LogP contribution in [0.25, 0.3) is 0 Å². The molecule has 1 heterocycles. The molecule has 2 aliphatic rings. The minimum absolute atomic E-state index is 0.0354. The number of hydrogen-bond acceptors (Lipinski definition) is 3. The Morgan fingerprint density at radius 2 is 2.00 bits per heavy atom. The monoisotopic (exact) mass is 306 g/mol. The van der Waals surface area contributed by atoms with Crippen LogP contribution in [0.5, 0.6) is 0 Å². The van der Waals surface area contributed by atoms with Crippen molar-refractivity contribution in [3.8, 4) is 0 Å². The van der Waals surface area contributed by atoms with Crippen LogP contribution in [0.4, 0.5) is 11.4 Å². The summed E-state index contributed by atoms with van der Waals surface area (Å²) in [4.78, 5) is 11.1. The molecule has 2 aromatic rings. The molecule has 2 aromatic carbocycles. The molecule has 0 spiro atoms. The first-order valence-corrected chi connectivity index (χ1v) is 7.92. The van der Waals surface area contributed by atoms with E-state index in [4.69, 9.17) is 0 Å². The Bertz CT molecular complexity index is 813. The third-order valence-corrected chi connectivity index (χ3v) is 4.99. The van der Waals surface area contributed by atoms with E-state index in [0.29, 0.717) is 11.8 Å². The summed E-state index contributed by atoms with van der Waals surface area (Å²) in [6.07, 6.45) is 5.41. The molecule has 0 amide bonds. The maximum Gasteiger partial charge on any atom is 0.274 e. The van der Waals surface area contributed by atoms with Gasteiger partial charge in [-0.25, -0.2) is 0 Å². The Labute approximate surface area is 135 Å². The van der Waals surface area contributed by atoms with E-state index in [0.717, 1.165) is 17.7 Å². The molecule has 116 valence electrons. The fraction of sp³-hybridized carbons (Fsp3) is 0.263. The zero-order valence-corrected chi connectivity index (χ0v) is 12.9. The molecule has 0 aromatic heterocycles. The van der Waals surface area contributed by atoms with Gasteiger partial charge in [0.25, 0.3) is 5.69 Å². The van der Waals surface area contributed by atoms with E-state index in [1.807, 2.05) is 12.1 Å². The second kappa shape index (κ2) is 5.23. The van der Waals surface area contributed by atoms with E-state index < -0.39 is 0 Å². The number of anilines is 1. The molecule has 4 nitrogen and oxygen atoms in total. The molecule has 0 radical (unpaired) electrons. The van der Waals surface area contributed by atoms with Gasteiger partial charge in [-0.15, -0.1) is 0 Å². The van der Waals surface area contributed by atoms with Crippen LogP contribution < -0.4 is 5.32 Å². The Morgan fingerprint density at radius 3 is 2.83 bits per heavy atom. The largest absolute Gasteiger partial charge is 0.377 e. The predicted molar refractivity (Wildman–Crippen MR) is 90.6 cm³/mol. The van der Waals surface area contributed by atoms with Crippen LogP contribution in [-0.4, -0.2) is 4.92 Å². The molecule has 0 saturated carbocycles. The minimum atomic E-state index is -0.279. The van der Waals surface area contributed by atoms with Crippen LogP contribution in [0.15, 0.2) is 54.6 Å². The Hall–Kier alpha value is -2.62. The highest BCUT2D eigenvalue weighted by atomic mass is 16.6. The van der Waals surface area contributed by atoms with Gasteiger partial charge in [0.05, 0.1) is 16.5 Å². The van der Waals surface area contributed by atoms with Crippen molar-refractivity contribution in [2.75, 3.05) is 5.32 Å². The van der Waals surface area contributed by atoms with Gasteiger partial charge in [0.15, 0.2) is 0 Å². The molecular weight excluding hydrogens is 288 g/mol. The molecule has 3 atom stereocenters. The van der Waals surface area contributed by atoms with Gasteiger partial charge in [-0.2, -0.15) is 0 Å². The quantitative estimate of drug-likeness (QED) is 0.496. The molecule has 4 rings (SSSR count). The van der Waals surface area contributed by atoms with Crippen molar-refractivity contribution in [2.45, 2.75) is 25.3 Å². The lowest BCUT2D eigenvalue weighted by Crippen LogP contribution is -2.29. The van der Waals surface area contributed by atoms with Gasteiger partial charge in [-0.05, 0) is 30.9 Å². The SMILES string of the molecule is Cc1ccc2c(c1)C1C=CCC1C(c1ccccc1[N+](=O)[O-])N2. The topological polar surface area (TPSA) is 55.2 Å². The Morgan fingerprint density at radius 1 is 1.17 bits per heavy atom.